The molecule has 0 aliphatic carbocycles. The number of carbonyl (C=O) groups excluding carboxylic acids is 2. The predicted octanol–water partition coefficient (Wildman–Crippen LogP) is 2.61. The molecule has 1 aliphatic heterocycles. The Kier molecular flexibility index (Phi) is 6.17. The summed E-state index contributed by atoms with van der Waals surface area (Å²) in [6.45, 7) is 1.00. The van der Waals surface area contributed by atoms with Crippen molar-refractivity contribution in [2.24, 2.45) is 10.2 Å². The van der Waals surface area contributed by atoms with Crippen molar-refractivity contribution in [1.29, 1.82) is 0 Å². The molecule has 1 aromatic carbocycles. The number of nitrogens with one attached hydrogen (secondary N) is 2. The summed E-state index contributed by atoms with van der Waals surface area (Å²) in [7, 11) is 0. The number of amides is 2. The number of aromatic nitrogens is 2. The number of benzene rings is 1. The third-order valence-electron chi connectivity index (χ3n) is 4.43. The van der Waals surface area contributed by atoms with Gasteiger partial charge in [-0.15, -0.1) is 12.3 Å². The van der Waals surface area contributed by atoms with E-state index in [1.54, 1.807) is 43.0 Å². The van der Waals surface area contributed by atoms with E-state index in [1.807, 2.05) is 4.57 Å². The van der Waals surface area contributed by atoms with E-state index >= 15 is 0 Å². The summed E-state index contributed by atoms with van der Waals surface area (Å²) in [6, 6.07) is 6.85. The molecule has 2 heterocycles. The number of anilines is 1. The molecule has 0 saturated carbocycles. The molecule has 2 aromatic rings. The van der Waals surface area contributed by atoms with Crippen LogP contribution in [0.2, 0.25) is 0 Å². The third kappa shape index (κ3) is 5.51. The highest BCUT2D eigenvalue weighted by Crippen LogP contribution is 2.36. The lowest BCUT2D eigenvalue weighted by molar-refractivity contribution is -0.116. The average Bonchev–Trinajstić information content (AvgIpc) is 3.26. The van der Waals surface area contributed by atoms with Gasteiger partial charge < -0.3 is 15.2 Å². The highest BCUT2D eigenvalue weighted by atomic mass is 16.2. The van der Waals surface area contributed by atoms with E-state index in [2.05, 4.69) is 31.8 Å². The van der Waals surface area contributed by atoms with Gasteiger partial charge in [-0.25, -0.2) is 4.98 Å². The first-order chi connectivity index (χ1) is 13.6. The van der Waals surface area contributed by atoms with Gasteiger partial charge in [-0.1, -0.05) is 6.07 Å². The summed E-state index contributed by atoms with van der Waals surface area (Å²) < 4.78 is 1.83. The van der Waals surface area contributed by atoms with Crippen LogP contribution in [-0.4, -0.2) is 33.6 Å². The zero-order valence-electron chi connectivity index (χ0n) is 15.5. The molecule has 0 saturated heterocycles. The highest BCUT2D eigenvalue weighted by Gasteiger charge is 2.38. The van der Waals surface area contributed by atoms with Crippen molar-refractivity contribution in [3.05, 3.63) is 48.5 Å². The van der Waals surface area contributed by atoms with Gasteiger partial charge in [0.25, 0.3) is 5.91 Å². The fourth-order valence-corrected chi connectivity index (χ4v) is 2.76. The van der Waals surface area contributed by atoms with Crippen LogP contribution >= 0.6 is 0 Å². The fourth-order valence-electron chi connectivity index (χ4n) is 2.76. The summed E-state index contributed by atoms with van der Waals surface area (Å²) >= 11 is 0. The second-order valence-corrected chi connectivity index (χ2v) is 6.57. The molecule has 8 heteroatoms. The molecule has 0 fully saturated rings. The Bertz CT molecular complexity index is 892. The molecule has 0 atom stereocenters. The van der Waals surface area contributed by atoms with E-state index in [1.165, 1.54) is 0 Å². The van der Waals surface area contributed by atoms with Gasteiger partial charge in [0.15, 0.2) is 5.66 Å². The summed E-state index contributed by atoms with van der Waals surface area (Å²) in [4.78, 5) is 28.4. The maximum absolute atomic E-state index is 12.4. The van der Waals surface area contributed by atoms with Crippen molar-refractivity contribution in [3.8, 4) is 12.3 Å². The monoisotopic (exact) mass is 378 g/mol. The zero-order chi connectivity index (χ0) is 19.8. The Morgan fingerprint density at radius 2 is 2.11 bits per heavy atom. The van der Waals surface area contributed by atoms with Crippen molar-refractivity contribution in [2.75, 3.05) is 11.9 Å². The van der Waals surface area contributed by atoms with Crippen molar-refractivity contribution >= 4 is 17.5 Å². The van der Waals surface area contributed by atoms with Gasteiger partial charge in [0, 0.05) is 62.4 Å². The smallest absolute Gasteiger partial charge is 0.251 e. The van der Waals surface area contributed by atoms with E-state index in [0.29, 0.717) is 50.0 Å². The standard InChI is InChI=1S/C20H22N6O2/c1-2-3-8-20(24-25-20)9-10-22-19(28)16-5-4-6-17(14-16)23-18(27)7-12-26-13-11-21-15-26/h1,4-6,11,13-15H,3,7-10,12H2,(H,22,28)(H,23,27). The van der Waals surface area contributed by atoms with Crippen LogP contribution in [0, 0.1) is 12.3 Å². The Labute approximate surface area is 163 Å². The molecule has 1 aromatic heterocycles. The lowest BCUT2D eigenvalue weighted by atomic mass is 10.0. The fraction of sp³-hybridized carbons (Fsp3) is 0.350. The second kappa shape index (κ2) is 8.95. The van der Waals surface area contributed by atoms with Gasteiger partial charge in [0.2, 0.25) is 5.91 Å². The van der Waals surface area contributed by atoms with Crippen molar-refractivity contribution < 1.29 is 9.59 Å². The van der Waals surface area contributed by atoms with Crippen molar-refractivity contribution in [1.82, 2.24) is 14.9 Å². The van der Waals surface area contributed by atoms with Crippen molar-refractivity contribution in [2.45, 2.75) is 37.9 Å². The first-order valence-electron chi connectivity index (χ1n) is 9.12. The largest absolute Gasteiger partial charge is 0.352 e. The van der Waals surface area contributed by atoms with Crippen LogP contribution in [-0.2, 0) is 11.3 Å². The summed E-state index contributed by atoms with van der Waals surface area (Å²) in [5.41, 5.74) is 0.653. The van der Waals surface area contributed by atoms with Crippen molar-refractivity contribution in [3.63, 3.8) is 0 Å². The minimum atomic E-state index is -0.412. The van der Waals surface area contributed by atoms with Gasteiger partial charge in [-0.3, -0.25) is 9.59 Å². The maximum Gasteiger partial charge on any atom is 0.251 e. The normalized spacial score (nSPS) is 13.5. The molecule has 2 amide bonds. The number of nitrogens with zero attached hydrogens (tertiary/aromatic N) is 4. The molecule has 2 N–H and O–H groups in total. The van der Waals surface area contributed by atoms with E-state index in [9.17, 15) is 9.59 Å². The first-order valence-corrected chi connectivity index (χ1v) is 9.12. The Morgan fingerprint density at radius 3 is 2.82 bits per heavy atom. The van der Waals surface area contributed by atoms with E-state index in [4.69, 9.17) is 6.42 Å². The number of terminal acetylenes is 1. The summed E-state index contributed by atoms with van der Waals surface area (Å²) in [5.74, 6) is 2.25. The lowest BCUT2D eigenvalue weighted by Crippen LogP contribution is -2.28. The van der Waals surface area contributed by atoms with Crippen LogP contribution in [0.25, 0.3) is 0 Å². The summed E-state index contributed by atoms with van der Waals surface area (Å²) in [6.07, 6.45) is 12.7. The minimum Gasteiger partial charge on any atom is -0.352 e. The Balaban J connectivity index is 1.45. The van der Waals surface area contributed by atoms with E-state index < -0.39 is 5.66 Å². The van der Waals surface area contributed by atoms with Crippen LogP contribution in [0.15, 0.2) is 53.2 Å². The van der Waals surface area contributed by atoms with Crippen LogP contribution in [0.3, 0.4) is 0 Å². The lowest BCUT2D eigenvalue weighted by Gasteiger charge is -2.11. The van der Waals surface area contributed by atoms with Gasteiger partial charge >= 0.3 is 0 Å². The zero-order valence-corrected chi connectivity index (χ0v) is 15.5. The molecule has 0 spiro atoms. The number of carbonyl (C=O) groups is 2. The second-order valence-electron chi connectivity index (χ2n) is 6.57. The topological polar surface area (TPSA) is 101 Å². The Morgan fingerprint density at radius 1 is 1.25 bits per heavy atom. The predicted molar refractivity (Wildman–Crippen MR) is 105 cm³/mol. The molecule has 3 rings (SSSR count). The molecule has 8 nitrogen and oxygen atoms in total. The molecular formula is C20H22N6O2. The van der Waals surface area contributed by atoms with Crippen LogP contribution in [0.1, 0.15) is 36.0 Å². The van der Waals surface area contributed by atoms with E-state index in [0.717, 1.165) is 0 Å². The van der Waals surface area contributed by atoms with Gasteiger partial charge in [0.1, 0.15) is 0 Å². The van der Waals surface area contributed by atoms with Crippen LogP contribution in [0.4, 0.5) is 5.69 Å². The minimum absolute atomic E-state index is 0.126. The molecule has 0 radical (unpaired) electrons. The highest BCUT2D eigenvalue weighted by molar-refractivity contribution is 5.97. The van der Waals surface area contributed by atoms with Gasteiger partial charge in [0.05, 0.1) is 6.33 Å². The quantitative estimate of drug-likeness (QED) is 0.621. The molecule has 144 valence electrons. The van der Waals surface area contributed by atoms with Gasteiger partial charge in [-0.2, -0.15) is 10.2 Å². The molecular weight excluding hydrogens is 356 g/mol. The van der Waals surface area contributed by atoms with Crippen LogP contribution in [0.5, 0.6) is 0 Å². The molecule has 28 heavy (non-hydrogen) atoms. The van der Waals surface area contributed by atoms with Gasteiger partial charge in [-0.05, 0) is 18.2 Å². The molecule has 1 aliphatic rings. The van der Waals surface area contributed by atoms with Crippen LogP contribution < -0.4 is 10.6 Å². The summed E-state index contributed by atoms with van der Waals surface area (Å²) in [5, 5.41) is 13.8. The molecule has 0 unspecified atom stereocenters. The first kappa shape index (κ1) is 19.3. The number of rotatable bonds is 10. The number of hydrogen-bond donors (Lipinski definition) is 2. The maximum atomic E-state index is 12.4. The molecule has 0 bridgehead atoms. The number of aryl methyl sites for hydroxylation is 1. The van der Waals surface area contributed by atoms with E-state index in [-0.39, 0.29) is 11.8 Å². The average molecular weight is 378 g/mol. The Hall–Kier alpha value is -3.47. The SMILES string of the molecule is C#CCCC1(CCNC(=O)c2cccc(NC(=O)CCn3ccnc3)c2)N=N1. The third-order valence-corrected chi connectivity index (χ3v) is 4.43. The number of hydrogen-bond acceptors (Lipinski definition) is 5. The number of imidazole rings is 1.